The van der Waals surface area contributed by atoms with Crippen LogP contribution in [0.3, 0.4) is 0 Å². The number of halogens is 1. The molecular formula is C15H20FN3. The van der Waals surface area contributed by atoms with Gasteiger partial charge in [0.25, 0.3) is 0 Å². The van der Waals surface area contributed by atoms with Crippen molar-refractivity contribution < 1.29 is 4.39 Å². The average molecular weight is 261 g/mol. The first-order valence-electron chi connectivity index (χ1n) is 6.67. The lowest BCUT2D eigenvalue weighted by atomic mass is 10.0. The SMILES string of the molecule is CCNCc1cc(-c2cn(C)nc2CC)ccc1F. The van der Waals surface area contributed by atoms with Gasteiger partial charge in [0, 0.05) is 30.9 Å². The Morgan fingerprint density at radius 2 is 2.11 bits per heavy atom. The number of aryl methyl sites for hydroxylation is 2. The first kappa shape index (κ1) is 13.7. The molecule has 2 rings (SSSR count). The van der Waals surface area contributed by atoms with Crippen molar-refractivity contribution in [3.63, 3.8) is 0 Å². The molecular weight excluding hydrogens is 241 g/mol. The van der Waals surface area contributed by atoms with Crippen LogP contribution in [-0.2, 0) is 20.0 Å². The van der Waals surface area contributed by atoms with Crippen molar-refractivity contribution in [3.8, 4) is 11.1 Å². The zero-order chi connectivity index (χ0) is 13.8. The monoisotopic (exact) mass is 261 g/mol. The minimum atomic E-state index is -0.161. The highest BCUT2D eigenvalue weighted by Gasteiger charge is 2.10. The predicted molar refractivity (Wildman–Crippen MR) is 75.4 cm³/mol. The third-order valence-corrected chi connectivity index (χ3v) is 3.16. The Morgan fingerprint density at radius 3 is 2.79 bits per heavy atom. The summed E-state index contributed by atoms with van der Waals surface area (Å²) in [5, 5.41) is 7.58. The number of nitrogens with zero attached hydrogens (tertiary/aromatic N) is 2. The second-order valence-corrected chi connectivity index (χ2v) is 4.60. The van der Waals surface area contributed by atoms with Crippen molar-refractivity contribution in [2.75, 3.05) is 6.54 Å². The molecule has 1 N–H and O–H groups in total. The summed E-state index contributed by atoms with van der Waals surface area (Å²) in [7, 11) is 1.91. The van der Waals surface area contributed by atoms with Gasteiger partial charge in [0.15, 0.2) is 0 Å². The number of hydrogen-bond donors (Lipinski definition) is 1. The molecule has 0 saturated heterocycles. The van der Waals surface area contributed by atoms with Crippen LogP contribution in [0.1, 0.15) is 25.1 Å². The molecule has 0 atom stereocenters. The first-order chi connectivity index (χ1) is 9.15. The molecule has 1 heterocycles. The van der Waals surface area contributed by atoms with Gasteiger partial charge in [-0.3, -0.25) is 4.68 Å². The van der Waals surface area contributed by atoms with Crippen molar-refractivity contribution in [2.45, 2.75) is 26.8 Å². The van der Waals surface area contributed by atoms with Crippen molar-refractivity contribution in [1.29, 1.82) is 0 Å². The van der Waals surface area contributed by atoms with Gasteiger partial charge >= 0.3 is 0 Å². The lowest BCUT2D eigenvalue weighted by Gasteiger charge is -2.07. The van der Waals surface area contributed by atoms with Crippen LogP contribution >= 0.6 is 0 Å². The Bertz CT molecular complexity index is 561. The fraction of sp³-hybridized carbons (Fsp3) is 0.400. The van der Waals surface area contributed by atoms with E-state index < -0.39 is 0 Å². The summed E-state index contributed by atoms with van der Waals surface area (Å²) in [5.74, 6) is -0.161. The molecule has 19 heavy (non-hydrogen) atoms. The third kappa shape index (κ3) is 3.01. The Morgan fingerprint density at radius 1 is 1.32 bits per heavy atom. The zero-order valence-corrected chi connectivity index (χ0v) is 11.7. The second-order valence-electron chi connectivity index (χ2n) is 4.60. The fourth-order valence-corrected chi connectivity index (χ4v) is 2.17. The molecule has 0 unspecified atom stereocenters. The van der Waals surface area contributed by atoms with E-state index in [1.165, 1.54) is 6.07 Å². The lowest BCUT2D eigenvalue weighted by molar-refractivity contribution is 0.593. The second kappa shape index (κ2) is 5.97. The summed E-state index contributed by atoms with van der Waals surface area (Å²) in [6.45, 7) is 5.47. The predicted octanol–water partition coefficient (Wildman–Crippen LogP) is 2.90. The maximum absolute atomic E-state index is 13.7. The van der Waals surface area contributed by atoms with Crippen molar-refractivity contribution in [2.24, 2.45) is 7.05 Å². The highest BCUT2D eigenvalue weighted by Crippen LogP contribution is 2.25. The Labute approximate surface area is 113 Å². The largest absolute Gasteiger partial charge is 0.313 e. The van der Waals surface area contributed by atoms with Gasteiger partial charge in [0.2, 0.25) is 0 Å². The molecule has 0 bridgehead atoms. The quantitative estimate of drug-likeness (QED) is 0.897. The van der Waals surface area contributed by atoms with Gasteiger partial charge in [-0.05, 0) is 30.7 Å². The van der Waals surface area contributed by atoms with E-state index in [0.717, 1.165) is 29.8 Å². The number of hydrogen-bond acceptors (Lipinski definition) is 2. The van der Waals surface area contributed by atoms with Crippen molar-refractivity contribution in [1.82, 2.24) is 15.1 Å². The topological polar surface area (TPSA) is 29.9 Å². The van der Waals surface area contributed by atoms with E-state index in [2.05, 4.69) is 17.3 Å². The van der Waals surface area contributed by atoms with Crippen LogP contribution in [0.2, 0.25) is 0 Å². The molecule has 0 aliphatic heterocycles. The molecule has 0 aliphatic rings. The minimum Gasteiger partial charge on any atom is -0.313 e. The van der Waals surface area contributed by atoms with Crippen molar-refractivity contribution in [3.05, 3.63) is 41.5 Å². The summed E-state index contributed by atoms with van der Waals surface area (Å²) >= 11 is 0. The molecule has 4 heteroatoms. The average Bonchev–Trinajstić information content (AvgIpc) is 2.79. The van der Waals surface area contributed by atoms with Crippen molar-refractivity contribution >= 4 is 0 Å². The highest BCUT2D eigenvalue weighted by atomic mass is 19.1. The van der Waals surface area contributed by atoms with Crippen LogP contribution < -0.4 is 5.32 Å². The lowest BCUT2D eigenvalue weighted by Crippen LogP contribution is -2.13. The Kier molecular flexibility index (Phi) is 4.32. The first-order valence-corrected chi connectivity index (χ1v) is 6.67. The van der Waals surface area contributed by atoms with E-state index in [1.54, 1.807) is 0 Å². The van der Waals surface area contributed by atoms with E-state index in [1.807, 2.05) is 37.0 Å². The molecule has 0 fully saturated rings. The summed E-state index contributed by atoms with van der Waals surface area (Å²) < 4.78 is 15.5. The van der Waals surface area contributed by atoms with Crippen LogP contribution in [0.4, 0.5) is 4.39 Å². The molecule has 0 amide bonds. The number of nitrogens with one attached hydrogen (secondary N) is 1. The fourth-order valence-electron chi connectivity index (χ4n) is 2.17. The van der Waals surface area contributed by atoms with Crippen LogP contribution in [-0.4, -0.2) is 16.3 Å². The summed E-state index contributed by atoms with van der Waals surface area (Å²) in [4.78, 5) is 0. The molecule has 0 radical (unpaired) electrons. The Balaban J connectivity index is 2.39. The van der Waals surface area contributed by atoms with E-state index in [0.29, 0.717) is 12.1 Å². The van der Waals surface area contributed by atoms with Crippen LogP contribution in [0.25, 0.3) is 11.1 Å². The van der Waals surface area contributed by atoms with Gasteiger partial charge < -0.3 is 5.32 Å². The number of aromatic nitrogens is 2. The van der Waals surface area contributed by atoms with Crippen LogP contribution in [0, 0.1) is 5.82 Å². The van der Waals surface area contributed by atoms with E-state index in [9.17, 15) is 4.39 Å². The van der Waals surface area contributed by atoms with Gasteiger partial charge in [-0.2, -0.15) is 5.10 Å². The number of rotatable bonds is 5. The smallest absolute Gasteiger partial charge is 0.127 e. The number of benzene rings is 1. The minimum absolute atomic E-state index is 0.161. The van der Waals surface area contributed by atoms with Crippen LogP contribution in [0.5, 0.6) is 0 Å². The normalized spacial score (nSPS) is 10.9. The standard InChI is InChI=1S/C15H20FN3/c1-4-15-13(10-19(3)18-15)11-6-7-14(16)12(8-11)9-17-5-2/h6-8,10,17H,4-5,9H2,1-3H3. The van der Waals surface area contributed by atoms with Gasteiger partial charge in [0.1, 0.15) is 5.82 Å². The Hall–Kier alpha value is -1.68. The molecule has 0 spiro atoms. The molecule has 0 saturated carbocycles. The van der Waals surface area contributed by atoms with Gasteiger partial charge in [-0.1, -0.05) is 19.9 Å². The van der Waals surface area contributed by atoms with Crippen LogP contribution in [0.15, 0.2) is 24.4 Å². The molecule has 1 aromatic heterocycles. The molecule has 3 nitrogen and oxygen atoms in total. The van der Waals surface area contributed by atoms with Gasteiger partial charge in [-0.15, -0.1) is 0 Å². The van der Waals surface area contributed by atoms with Gasteiger partial charge in [0.05, 0.1) is 5.69 Å². The third-order valence-electron chi connectivity index (χ3n) is 3.16. The van der Waals surface area contributed by atoms with E-state index >= 15 is 0 Å². The summed E-state index contributed by atoms with van der Waals surface area (Å²) in [6.07, 6.45) is 2.86. The van der Waals surface area contributed by atoms with E-state index in [-0.39, 0.29) is 5.82 Å². The maximum Gasteiger partial charge on any atom is 0.127 e. The molecule has 2 aromatic rings. The van der Waals surface area contributed by atoms with E-state index in [4.69, 9.17) is 0 Å². The molecule has 102 valence electrons. The summed E-state index contributed by atoms with van der Waals surface area (Å²) in [5.41, 5.74) is 3.86. The molecule has 0 aliphatic carbocycles. The summed E-state index contributed by atoms with van der Waals surface area (Å²) in [6, 6.07) is 5.27. The molecule has 1 aromatic carbocycles. The zero-order valence-electron chi connectivity index (χ0n) is 11.7. The maximum atomic E-state index is 13.7. The van der Waals surface area contributed by atoms with Gasteiger partial charge in [-0.25, -0.2) is 4.39 Å². The highest BCUT2D eigenvalue weighted by molar-refractivity contribution is 5.66.